The Morgan fingerprint density at radius 2 is 2.13 bits per heavy atom. The first-order valence-corrected chi connectivity index (χ1v) is 6.21. The Balaban J connectivity index is 3.40. The third-order valence-corrected chi connectivity index (χ3v) is 2.99. The molecule has 5 heteroatoms. The fraction of sp³-hybridized carbons (Fsp3) is 0.200. The van der Waals surface area contributed by atoms with E-state index in [1.807, 2.05) is 0 Å². The van der Waals surface area contributed by atoms with E-state index in [1.165, 1.54) is 30.4 Å². The van der Waals surface area contributed by atoms with Crippen LogP contribution in [0.3, 0.4) is 0 Å². The van der Waals surface area contributed by atoms with Crippen LogP contribution in [0.1, 0.15) is 5.56 Å². The predicted octanol–water partition coefficient (Wildman–Crippen LogP) is 1.20. The lowest BCUT2D eigenvalue weighted by Gasteiger charge is -2.04. The lowest BCUT2D eigenvalue weighted by Crippen LogP contribution is -2.02. The van der Waals surface area contributed by atoms with Crippen LogP contribution >= 0.6 is 0 Å². The van der Waals surface area contributed by atoms with E-state index in [1.54, 1.807) is 0 Å². The van der Waals surface area contributed by atoms with Crippen molar-refractivity contribution in [3.63, 3.8) is 0 Å². The number of sulfone groups is 1. The smallest absolute Gasteiger partial charge is 0.176 e. The van der Waals surface area contributed by atoms with Gasteiger partial charge in [0.2, 0.25) is 0 Å². The van der Waals surface area contributed by atoms with E-state index < -0.39 is 15.7 Å². The summed E-state index contributed by atoms with van der Waals surface area (Å²) in [5, 5.41) is 0. The lowest BCUT2D eigenvalue weighted by molar-refractivity contribution is 0.594. The summed E-state index contributed by atoms with van der Waals surface area (Å²) in [6.07, 6.45) is 3.93. The molecule has 2 N–H and O–H groups in total. The van der Waals surface area contributed by atoms with E-state index in [0.29, 0.717) is 0 Å². The monoisotopic (exact) mass is 229 g/mol. The quantitative estimate of drug-likeness (QED) is 0.847. The van der Waals surface area contributed by atoms with Gasteiger partial charge in [0.25, 0.3) is 0 Å². The summed E-state index contributed by atoms with van der Waals surface area (Å²) in [5.41, 5.74) is 5.29. The SMILES string of the molecule is CS(=O)(=O)c1cccc(F)c1/C=C/CN. The van der Waals surface area contributed by atoms with Gasteiger partial charge in [-0.3, -0.25) is 0 Å². The number of halogens is 1. The minimum absolute atomic E-state index is 0.0211. The number of hydrogen-bond acceptors (Lipinski definition) is 3. The second-order valence-corrected chi connectivity index (χ2v) is 5.05. The van der Waals surface area contributed by atoms with Gasteiger partial charge in [0.15, 0.2) is 9.84 Å². The van der Waals surface area contributed by atoms with E-state index in [4.69, 9.17) is 5.73 Å². The van der Waals surface area contributed by atoms with Crippen molar-refractivity contribution in [3.05, 3.63) is 35.7 Å². The number of nitrogens with two attached hydrogens (primary N) is 1. The van der Waals surface area contributed by atoms with Gasteiger partial charge in [0, 0.05) is 18.4 Å². The molecule has 1 aromatic carbocycles. The average molecular weight is 229 g/mol. The summed E-state index contributed by atoms with van der Waals surface area (Å²) in [5.74, 6) is -0.567. The summed E-state index contributed by atoms with van der Waals surface area (Å²) in [7, 11) is -3.42. The highest BCUT2D eigenvalue weighted by Crippen LogP contribution is 2.20. The van der Waals surface area contributed by atoms with Crippen molar-refractivity contribution >= 4 is 15.9 Å². The molecule has 0 aliphatic carbocycles. The summed E-state index contributed by atoms with van der Waals surface area (Å²) in [6, 6.07) is 3.95. The number of benzene rings is 1. The minimum atomic E-state index is -3.42. The molecule has 1 rings (SSSR count). The van der Waals surface area contributed by atoms with Crippen LogP contribution in [-0.2, 0) is 9.84 Å². The van der Waals surface area contributed by atoms with Crippen molar-refractivity contribution in [1.82, 2.24) is 0 Å². The molecule has 15 heavy (non-hydrogen) atoms. The van der Waals surface area contributed by atoms with E-state index in [9.17, 15) is 12.8 Å². The van der Waals surface area contributed by atoms with E-state index >= 15 is 0 Å². The highest BCUT2D eigenvalue weighted by Gasteiger charge is 2.14. The lowest BCUT2D eigenvalue weighted by atomic mass is 10.2. The third-order valence-electron chi connectivity index (χ3n) is 1.83. The second-order valence-electron chi connectivity index (χ2n) is 3.06. The van der Waals surface area contributed by atoms with Gasteiger partial charge in [-0.1, -0.05) is 18.2 Å². The van der Waals surface area contributed by atoms with Crippen molar-refractivity contribution in [1.29, 1.82) is 0 Å². The maximum Gasteiger partial charge on any atom is 0.176 e. The molecule has 0 unspecified atom stereocenters. The van der Waals surface area contributed by atoms with Crippen molar-refractivity contribution < 1.29 is 12.8 Å². The normalized spacial score (nSPS) is 12.2. The van der Waals surface area contributed by atoms with Crippen molar-refractivity contribution in [2.24, 2.45) is 5.73 Å². The Hall–Kier alpha value is -1.20. The van der Waals surface area contributed by atoms with Crippen LogP contribution in [0.15, 0.2) is 29.2 Å². The van der Waals surface area contributed by atoms with Gasteiger partial charge in [-0.25, -0.2) is 12.8 Å². The van der Waals surface area contributed by atoms with E-state index in [0.717, 1.165) is 6.26 Å². The van der Waals surface area contributed by atoms with Gasteiger partial charge < -0.3 is 5.73 Å². The van der Waals surface area contributed by atoms with Gasteiger partial charge in [-0.2, -0.15) is 0 Å². The molecule has 0 aliphatic heterocycles. The standard InChI is InChI=1S/C10H12FNO2S/c1-15(13,14)10-6-2-5-9(11)8(10)4-3-7-12/h2-6H,7,12H2,1H3/b4-3+. The average Bonchev–Trinajstić information content (AvgIpc) is 2.14. The zero-order valence-electron chi connectivity index (χ0n) is 8.27. The van der Waals surface area contributed by atoms with Crippen LogP contribution in [0.25, 0.3) is 6.08 Å². The summed E-state index contributed by atoms with van der Waals surface area (Å²) in [6.45, 7) is 0.234. The topological polar surface area (TPSA) is 60.2 Å². The summed E-state index contributed by atoms with van der Waals surface area (Å²) >= 11 is 0. The second kappa shape index (κ2) is 4.55. The zero-order valence-corrected chi connectivity index (χ0v) is 9.09. The Bertz CT molecular complexity index is 480. The zero-order chi connectivity index (χ0) is 11.5. The molecule has 82 valence electrons. The highest BCUT2D eigenvalue weighted by molar-refractivity contribution is 7.90. The van der Waals surface area contributed by atoms with Crippen molar-refractivity contribution in [2.45, 2.75) is 4.90 Å². The Morgan fingerprint density at radius 1 is 1.47 bits per heavy atom. The Morgan fingerprint density at radius 3 is 2.67 bits per heavy atom. The van der Waals surface area contributed by atoms with Crippen LogP contribution in [0.4, 0.5) is 4.39 Å². The molecule has 0 aromatic heterocycles. The molecule has 0 bridgehead atoms. The molecular formula is C10H12FNO2S. The van der Waals surface area contributed by atoms with Crippen molar-refractivity contribution in [2.75, 3.05) is 12.8 Å². The predicted molar refractivity (Wildman–Crippen MR) is 57.6 cm³/mol. The van der Waals surface area contributed by atoms with Crippen LogP contribution < -0.4 is 5.73 Å². The van der Waals surface area contributed by atoms with Gasteiger partial charge in [-0.05, 0) is 12.1 Å². The summed E-state index contributed by atoms with van der Waals surface area (Å²) in [4.78, 5) is -0.0211. The minimum Gasteiger partial charge on any atom is -0.327 e. The fourth-order valence-corrected chi connectivity index (χ4v) is 2.08. The fourth-order valence-electron chi connectivity index (χ4n) is 1.19. The molecule has 0 saturated carbocycles. The largest absolute Gasteiger partial charge is 0.327 e. The molecule has 1 aromatic rings. The van der Waals surface area contributed by atoms with Crippen LogP contribution in [0.2, 0.25) is 0 Å². The Kier molecular flexibility index (Phi) is 3.60. The highest BCUT2D eigenvalue weighted by atomic mass is 32.2. The third kappa shape index (κ3) is 2.87. The van der Waals surface area contributed by atoms with E-state index in [2.05, 4.69) is 0 Å². The van der Waals surface area contributed by atoms with Crippen LogP contribution in [0.5, 0.6) is 0 Å². The molecule has 0 radical (unpaired) electrons. The van der Waals surface area contributed by atoms with E-state index in [-0.39, 0.29) is 17.0 Å². The summed E-state index contributed by atoms with van der Waals surface area (Å²) < 4.78 is 36.0. The first kappa shape index (κ1) is 11.9. The molecule has 0 heterocycles. The number of hydrogen-bond donors (Lipinski definition) is 1. The van der Waals surface area contributed by atoms with Gasteiger partial charge in [0.05, 0.1) is 4.90 Å². The maximum absolute atomic E-state index is 13.3. The van der Waals surface area contributed by atoms with Gasteiger partial charge in [-0.15, -0.1) is 0 Å². The first-order chi connectivity index (χ1) is 6.96. The molecule has 0 amide bonds. The first-order valence-electron chi connectivity index (χ1n) is 4.32. The molecule has 0 fully saturated rings. The molecular weight excluding hydrogens is 217 g/mol. The molecule has 0 atom stereocenters. The molecule has 0 aliphatic rings. The molecule has 0 saturated heterocycles. The van der Waals surface area contributed by atoms with Gasteiger partial charge >= 0.3 is 0 Å². The van der Waals surface area contributed by atoms with Crippen LogP contribution in [-0.4, -0.2) is 21.2 Å². The van der Waals surface area contributed by atoms with Crippen LogP contribution in [0, 0.1) is 5.82 Å². The van der Waals surface area contributed by atoms with Gasteiger partial charge in [0.1, 0.15) is 5.82 Å². The number of rotatable bonds is 3. The molecule has 0 spiro atoms. The molecule has 3 nitrogen and oxygen atoms in total. The van der Waals surface area contributed by atoms with Crippen molar-refractivity contribution in [3.8, 4) is 0 Å². The maximum atomic E-state index is 13.3. The Labute approximate surface area is 88.3 Å².